The van der Waals surface area contributed by atoms with Crippen LogP contribution in [0.25, 0.3) is 0 Å². The van der Waals surface area contributed by atoms with Crippen LogP contribution < -0.4 is 0 Å². The van der Waals surface area contributed by atoms with Gasteiger partial charge in [0.2, 0.25) is 0 Å². The molecule has 2 nitrogen and oxygen atoms in total. The van der Waals surface area contributed by atoms with Crippen molar-refractivity contribution in [2.45, 2.75) is 39.0 Å². The molecule has 0 aliphatic carbocycles. The minimum absolute atomic E-state index is 0.389. The molecule has 0 unspecified atom stereocenters. The smallest absolute Gasteiger partial charge is 0.0327 e. The van der Waals surface area contributed by atoms with Gasteiger partial charge in [-0.1, -0.05) is 97.9 Å². The van der Waals surface area contributed by atoms with Crippen molar-refractivity contribution in [1.82, 2.24) is 9.80 Å². The fourth-order valence-electron chi connectivity index (χ4n) is 4.71. The predicted octanol–water partition coefficient (Wildman–Crippen LogP) is 5.77. The molecule has 0 aromatic heterocycles. The first-order chi connectivity index (χ1) is 14.2. The molecule has 3 atom stereocenters. The molecule has 0 spiro atoms. The normalized spacial score (nSPS) is 20.8. The molecule has 0 radical (unpaired) electrons. The summed E-state index contributed by atoms with van der Waals surface area (Å²) in [6.45, 7) is 9.11. The molecule has 29 heavy (non-hydrogen) atoms. The number of likely N-dealkylation sites (tertiary alicyclic amines) is 1. The van der Waals surface area contributed by atoms with E-state index >= 15 is 0 Å². The summed E-state index contributed by atoms with van der Waals surface area (Å²) in [6.07, 6.45) is 0. The number of hydrogen-bond acceptors (Lipinski definition) is 2. The van der Waals surface area contributed by atoms with Crippen molar-refractivity contribution in [3.05, 3.63) is 108 Å². The zero-order chi connectivity index (χ0) is 20.1. The number of nitrogens with zero attached hydrogens (tertiary/aromatic N) is 2. The second-order valence-electron chi connectivity index (χ2n) is 8.47. The van der Waals surface area contributed by atoms with Crippen LogP contribution in [0.15, 0.2) is 91.0 Å². The first-order valence-corrected chi connectivity index (χ1v) is 10.8. The van der Waals surface area contributed by atoms with Crippen molar-refractivity contribution < 1.29 is 0 Å². The van der Waals surface area contributed by atoms with Crippen molar-refractivity contribution in [1.29, 1.82) is 0 Å². The Bertz CT molecular complexity index is 863. The van der Waals surface area contributed by atoms with Crippen LogP contribution in [0.5, 0.6) is 0 Å². The van der Waals surface area contributed by atoms with Crippen molar-refractivity contribution in [3.63, 3.8) is 0 Å². The highest BCUT2D eigenvalue weighted by Crippen LogP contribution is 2.32. The van der Waals surface area contributed by atoms with Gasteiger partial charge in [0.05, 0.1) is 0 Å². The average molecular weight is 385 g/mol. The third-order valence-electron chi connectivity index (χ3n) is 6.31. The summed E-state index contributed by atoms with van der Waals surface area (Å²) in [5.41, 5.74) is 4.20. The van der Waals surface area contributed by atoms with Crippen molar-refractivity contribution in [2.24, 2.45) is 5.92 Å². The summed E-state index contributed by atoms with van der Waals surface area (Å²) < 4.78 is 0. The Morgan fingerprint density at radius 3 is 1.97 bits per heavy atom. The maximum atomic E-state index is 2.72. The quantitative estimate of drug-likeness (QED) is 0.510. The predicted molar refractivity (Wildman–Crippen MR) is 122 cm³/mol. The molecule has 4 rings (SSSR count). The van der Waals surface area contributed by atoms with Crippen molar-refractivity contribution in [3.8, 4) is 0 Å². The van der Waals surface area contributed by atoms with Crippen molar-refractivity contribution >= 4 is 0 Å². The van der Waals surface area contributed by atoms with Gasteiger partial charge >= 0.3 is 0 Å². The maximum absolute atomic E-state index is 2.72. The van der Waals surface area contributed by atoms with Gasteiger partial charge in [0.25, 0.3) is 0 Å². The lowest BCUT2D eigenvalue weighted by molar-refractivity contribution is 0.114. The first-order valence-electron chi connectivity index (χ1n) is 10.8. The van der Waals surface area contributed by atoms with E-state index in [0.717, 1.165) is 26.2 Å². The van der Waals surface area contributed by atoms with Gasteiger partial charge in [-0.25, -0.2) is 0 Å². The molecule has 1 saturated heterocycles. The van der Waals surface area contributed by atoms with Crippen LogP contribution in [0.1, 0.15) is 36.6 Å². The van der Waals surface area contributed by atoms with Gasteiger partial charge < -0.3 is 0 Å². The summed E-state index contributed by atoms with van der Waals surface area (Å²) >= 11 is 0. The van der Waals surface area contributed by atoms with Crippen LogP contribution in [0.4, 0.5) is 0 Å². The van der Waals surface area contributed by atoms with E-state index < -0.39 is 0 Å². The number of rotatable bonds is 7. The molecule has 1 fully saturated rings. The Labute approximate surface area is 175 Å². The second kappa shape index (κ2) is 9.39. The molecule has 0 amide bonds. The lowest BCUT2D eigenvalue weighted by atomic mass is 9.98. The van der Waals surface area contributed by atoms with Crippen LogP contribution in [0, 0.1) is 5.92 Å². The largest absolute Gasteiger partial charge is 0.297 e. The van der Waals surface area contributed by atoms with Crippen LogP contribution in [0.2, 0.25) is 0 Å². The Kier molecular flexibility index (Phi) is 6.43. The second-order valence-corrected chi connectivity index (χ2v) is 8.47. The SMILES string of the molecule is C[C@H]1CN(Cc2ccccc2)C[C@@H]1N(Cc1ccccc1)[C@@H](C)c1ccccc1. The Morgan fingerprint density at radius 2 is 1.34 bits per heavy atom. The van der Waals surface area contributed by atoms with E-state index in [2.05, 4.69) is 115 Å². The molecule has 1 heterocycles. The molecular formula is C27H32N2. The minimum atomic E-state index is 0.389. The molecule has 2 heteroatoms. The highest BCUT2D eigenvalue weighted by molar-refractivity contribution is 5.21. The van der Waals surface area contributed by atoms with Gasteiger partial charge in [-0.2, -0.15) is 0 Å². The third-order valence-corrected chi connectivity index (χ3v) is 6.31. The van der Waals surface area contributed by atoms with E-state index in [0.29, 0.717) is 18.0 Å². The molecule has 150 valence electrons. The number of benzene rings is 3. The molecule has 0 saturated carbocycles. The summed E-state index contributed by atoms with van der Waals surface area (Å²) in [7, 11) is 0. The van der Waals surface area contributed by atoms with E-state index in [1.165, 1.54) is 16.7 Å². The molecule has 3 aromatic rings. The van der Waals surface area contributed by atoms with E-state index in [1.807, 2.05) is 0 Å². The first kappa shape index (κ1) is 19.9. The van der Waals surface area contributed by atoms with Crippen LogP contribution in [0.3, 0.4) is 0 Å². The van der Waals surface area contributed by atoms with Gasteiger partial charge in [0, 0.05) is 38.3 Å². The van der Waals surface area contributed by atoms with Crippen LogP contribution >= 0.6 is 0 Å². The Hall–Kier alpha value is -2.42. The van der Waals surface area contributed by atoms with Gasteiger partial charge in [-0.3, -0.25) is 9.80 Å². The molecule has 3 aromatic carbocycles. The van der Waals surface area contributed by atoms with Gasteiger partial charge in [-0.15, -0.1) is 0 Å². The van der Waals surface area contributed by atoms with Crippen LogP contribution in [-0.2, 0) is 13.1 Å². The highest BCUT2D eigenvalue weighted by atomic mass is 15.3. The van der Waals surface area contributed by atoms with E-state index in [-0.39, 0.29) is 0 Å². The lowest BCUT2D eigenvalue weighted by Gasteiger charge is -2.37. The Balaban J connectivity index is 1.55. The van der Waals surface area contributed by atoms with Crippen LogP contribution in [-0.4, -0.2) is 28.9 Å². The van der Waals surface area contributed by atoms with E-state index in [1.54, 1.807) is 0 Å². The third kappa shape index (κ3) is 4.95. The molecule has 1 aliphatic heterocycles. The fraction of sp³-hybridized carbons (Fsp3) is 0.333. The molecule has 1 aliphatic rings. The summed E-state index contributed by atoms with van der Waals surface area (Å²) in [5, 5.41) is 0. The molecule has 0 N–H and O–H groups in total. The Morgan fingerprint density at radius 1 is 0.793 bits per heavy atom. The van der Waals surface area contributed by atoms with Gasteiger partial charge in [0.1, 0.15) is 0 Å². The highest BCUT2D eigenvalue weighted by Gasteiger charge is 2.36. The standard InChI is InChI=1S/C27H32N2/c1-22-18-28(19-24-12-6-3-7-13-24)21-27(22)29(20-25-14-8-4-9-15-25)23(2)26-16-10-5-11-17-26/h3-17,22-23,27H,18-21H2,1-2H3/t22-,23-,27-/m0/s1. The molecular weight excluding hydrogens is 352 g/mol. The topological polar surface area (TPSA) is 6.48 Å². The average Bonchev–Trinajstić information content (AvgIpc) is 3.13. The number of hydrogen-bond donors (Lipinski definition) is 0. The van der Waals surface area contributed by atoms with E-state index in [9.17, 15) is 0 Å². The fourth-order valence-corrected chi connectivity index (χ4v) is 4.71. The minimum Gasteiger partial charge on any atom is -0.297 e. The summed E-state index contributed by atoms with van der Waals surface area (Å²) in [6, 6.07) is 33.7. The van der Waals surface area contributed by atoms with E-state index in [4.69, 9.17) is 0 Å². The monoisotopic (exact) mass is 384 g/mol. The molecule has 0 bridgehead atoms. The van der Waals surface area contributed by atoms with Crippen molar-refractivity contribution in [2.75, 3.05) is 13.1 Å². The zero-order valence-corrected chi connectivity index (χ0v) is 17.6. The summed E-state index contributed by atoms with van der Waals surface area (Å²) in [4.78, 5) is 5.35. The lowest BCUT2D eigenvalue weighted by Crippen LogP contribution is -2.41. The maximum Gasteiger partial charge on any atom is 0.0327 e. The summed E-state index contributed by atoms with van der Waals surface area (Å²) in [5.74, 6) is 0.647. The van der Waals surface area contributed by atoms with Gasteiger partial charge in [-0.05, 0) is 29.5 Å². The van der Waals surface area contributed by atoms with Gasteiger partial charge in [0.15, 0.2) is 0 Å². The zero-order valence-electron chi connectivity index (χ0n) is 17.6.